The molecule has 0 atom stereocenters. The molecule has 130 valence electrons. The van der Waals surface area contributed by atoms with E-state index < -0.39 is 0 Å². The van der Waals surface area contributed by atoms with Crippen LogP contribution in [0.15, 0.2) is 57.2 Å². The summed E-state index contributed by atoms with van der Waals surface area (Å²) in [5.74, 6) is 4.04. The van der Waals surface area contributed by atoms with Crippen LogP contribution in [-0.4, -0.2) is 29.5 Å². The largest absolute Gasteiger partial charge is 0.331 e. The summed E-state index contributed by atoms with van der Waals surface area (Å²) in [5.41, 5.74) is 0. The second kappa shape index (κ2) is 8.66. The van der Waals surface area contributed by atoms with Crippen molar-refractivity contribution >= 4 is 23.3 Å². The van der Waals surface area contributed by atoms with E-state index in [0.717, 1.165) is 0 Å². The normalized spacial score (nSPS) is 21.2. The van der Waals surface area contributed by atoms with Crippen molar-refractivity contribution < 1.29 is 0 Å². The number of amidine groups is 4. The highest BCUT2D eigenvalue weighted by atomic mass is 15.2. The molecule has 1 aliphatic rings. The summed E-state index contributed by atoms with van der Waals surface area (Å²) in [6.07, 6.45) is -0.273. The Morgan fingerprint density at radius 1 is 0.667 bits per heavy atom. The fourth-order valence-corrected chi connectivity index (χ4v) is 2.06. The lowest BCUT2D eigenvalue weighted by molar-refractivity contribution is 0.776. The Hall–Kier alpha value is -2.90. The molecular weight excluding hydrogens is 304 g/mol. The number of hydrogen-bond acceptors (Lipinski definition) is 8. The van der Waals surface area contributed by atoms with Crippen molar-refractivity contribution in [3.8, 4) is 0 Å². The van der Waals surface area contributed by atoms with Crippen LogP contribution in [0.25, 0.3) is 0 Å². The highest BCUT2D eigenvalue weighted by molar-refractivity contribution is 5.87. The van der Waals surface area contributed by atoms with Gasteiger partial charge in [-0.2, -0.15) is 0 Å². The molecule has 8 nitrogen and oxygen atoms in total. The standard InChI is InChI=1S/C16H26N8/c1-9-17-10(2)19-12(4)21-14(6)23-16(8)24-15(7)22-13(5)20-11(3)18-9/h16H,1,4-5H2,2-3,6-8H3,(H,17,19)(H,18,20)(H,21,23)(H,22,24). The molecule has 1 heterocycles. The molecule has 0 unspecified atom stereocenters. The minimum Gasteiger partial charge on any atom is -0.331 e. The Labute approximate surface area is 143 Å². The molecule has 8 heteroatoms. The van der Waals surface area contributed by atoms with Crippen LogP contribution in [-0.2, 0) is 0 Å². The van der Waals surface area contributed by atoms with Gasteiger partial charge in [-0.1, -0.05) is 19.7 Å². The third-order valence-corrected chi connectivity index (χ3v) is 2.68. The zero-order chi connectivity index (χ0) is 18.3. The number of nitrogens with zero attached hydrogens (tertiary/aromatic N) is 4. The molecule has 0 aromatic rings. The maximum Gasteiger partial charge on any atom is 0.140 e. The van der Waals surface area contributed by atoms with E-state index >= 15 is 0 Å². The molecule has 0 aromatic heterocycles. The van der Waals surface area contributed by atoms with E-state index in [9.17, 15) is 0 Å². The minimum atomic E-state index is -0.273. The molecule has 0 saturated heterocycles. The zero-order valence-corrected chi connectivity index (χ0v) is 15.0. The summed E-state index contributed by atoms with van der Waals surface area (Å²) >= 11 is 0. The Balaban J connectivity index is 3.10. The summed E-state index contributed by atoms with van der Waals surface area (Å²) < 4.78 is 0. The van der Waals surface area contributed by atoms with Gasteiger partial charge in [0.15, 0.2) is 0 Å². The van der Waals surface area contributed by atoms with E-state index in [4.69, 9.17) is 0 Å². The van der Waals surface area contributed by atoms with Gasteiger partial charge >= 0.3 is 0 Å². The molecule has 24 heavy (non-hydrogen) atoms. The van der Waals surface area contributed by atoms with Gasteiger partial charge in [0.25, 0.3) is 0 Å². The first-order valence-corrected chi connectivity index (χ1v) is 7.50. The van der Waals surface area contributed by atoms with Crippen molar-refractivity contribution in [1.82, 2.24) is 21.3 Å². The Morgan fingerprint density at radius 2 is 1.04 bits per heavy atom. The third kappa shape index (κ3) is 7.39. The van der Waals surface area contributed by atoms with Crippen LogP contribution in [0.2, 0.25) is 0 Å². The quantitative estimate of drug-likeness (QED) is 0.544. The van der Waals surface area contributed by atoms with Crippen LogP contribution in [0.3, 0.4) is 0 Å². The van der Waals surface area contributed by atoms with Gasteiger partial charge in [-0.15, -0.1) is 0 Å². The van der Waals surface area contributed by atoms with E-state index in [-0.39, 0.29) is 6.17 Å². The molecule has 0 amide bonds. The first-order chi connectivity index (χ1) is 11.2. The van der Waals surface area contributed by atoms with Crippen molar-refractivity contribution in [3.63, 3.8) is 0 Å². The van der Waals surface area contributed by atoms with Crippen LogP contribution in [0, 0.1) is 0 Å². The first-order valence-electron chi connectivity index (χ1n) is 7.50. The molecule has 0 aromatic carbocycles. The van der Waals surface area contributed by atoms with Crippen molar-refractivity contribution in [2.24, 2.45) is 20.0 Å². The molecule has 0 saturated carbocycles. The van der Waals surface area contributed by atoms with Gasteiger partial charge < -0.3 is 21.3 Å². The van der Waals surface area contributed by atoms with E-state index in [1.54, 1.807) is 13.8 Å². The summed E-state index contributed by atoms with van der Waals surface area (Å²) in [7, 11) is 0. The second-order valence-electron chi connectivity index (χ2n) is 5.33. The summed E-state index contributed by atoms with van der Waals surface area (Å²) in [6.45, 7) is 20.7. The van der Waals surface area contributed by atoms with Crippen LogP contribution < -0.4 is 21.3 Å². The van der Waals surface area contributed by atoms with Gasteiger partial charge in [-0.05, 0) is 34.6 Å². The van der Waals surface area contributed by atoms with E-state index in [0.29, 0.717) is 40.8 Å². The van der Waals surface area contributed by atoms with Crippen molar-refractivity contribution in [2.45, 2.75) is 40.8 Å². The Kier molecular flexibility index (Phi) is 6.91. The van der Waals surface area contributed by atoms with Crippen molar-refractivity contribution in [2.75, 3.05) is 0 Å². The molecule has 1 rings (SSSR count). The molecule has 0 radical (unpaired) electrons. The van der Waals surface area contributed by atoms with Crippen LogP contribution in [0.4, 0.5) is 0 Å². The number of nitrogens with one attached hydrogen (secondary N) is 4. The molecule has 0 bridgehead atoms. The maximum atomic E-state index is 4.42. The minimum absolute atomic E-state index is 0.273. The number of hydrogen-bond donors (Lipinski definition) is 4. The number of rotatable bonds is 0. The summed E-state index contributed by atoms with van der Waals surface area (Å²) in [5, 5.41) is 12.1. The van der Waals surface area contributed by atoms with Crippen LogP contribution in [0.1, 0.15) is 34.6 Å². The monoisotopic (exact) mass is 330 g/mol. The lowest BCUT2D eigenvalue weighted by atomic mass is 10.5. The van der Waals surface area contributed by atoms with Gasteiger partial charge in [-0.25, -0.2) is 20.0 Å². The summed E-state index contributed by atoms with van der Waals surface area (Å²) in [6, 6.07) is 0. The molecule has 1 aliphatic heterocycles. The molecular formula is C16H26N8. The lowest BCUT2D eigenvalue weighted by Gasteiger charge is -2.14. The molecule has 0 aliphatic carbocycles. The second-order valence-corrected chi connectivity index (χ2v) is 5.33. The molecule has 4 N–H and O–H groups in total. The maximum absolute atomic E-state index is 4.42. The van der Waals surface area contributed by atoms with E-state index in [2.05, 4.69) is 61.0 Å². The lowest BCUT2D eigenvalue weighted by Crippen LogP contribution is -2.33. The fraction of sp³-hybridized carbons (Fsp3) is 0.375. The average molecular weight is 330 g/mol. The SMILES string of the molecule is C=C1N=C(C)NC(=C)NC(C)=NC(=C)NC(C)=NC(C)N=C(C)N1. The van der Waals surface area contributed by atoms with Crippen molar-refractivity contribution in [3.05, 3.63) is 37.2 Å². The predicted molar refractivity (Wildman–Crippen MR) is 102 cm³/mol. The van der Waals surface area contributed by atoms with Crippen LogP contribution >= 0.6 is 0 Å². The highest BCUT2D eigenvalue weighted by Crippen LogP contribution is 1.98. The van der Waals surface area contributed by atoms with Gasteiger partial charge in [0.2, 0.25) is 0 Å². The number of aliphatic imine (C=N–C) groups is 4. The molecule has 0 fully saturated rings. The Morgan fingerprint density at radius 3 is 1.42 bits per heavy atom. The van der Waals surface area contributed by atoms with Gasteiger partial charge in [0.05, 0.1) is 0 Å². The topological polar surface area (TPSA) is 97.6 Å². The highest BCUT2D eigenvalue weighted by Gasteiger charge is 2.04. The Bertz CT molecular complexity index is 597. The van der Waals surface area contributed by atoms with Gasteiger partial charge in [0.1, 0.15) is 47.0 Å². The smallest absolute Gasteiger partial charge is 0.140 e. The third-order valence-electron chi connectivity index (χ3n) is 2.68. The van der Waals surface area contributed by atoms with Crippen molar-refractivity contribution in [1.29, 1.82) is 0 Å². The van der Waals surface area contributed by atoms with Gasteiger partial charge in [0, 0.05) is 0 Å². The first kappa shape index (κ1) is 19.1. The zero-order valence-electron chi connectivity index (χ0n) is 15.0. The van der Waals surface area contributed by atoms with Gasteiger partial charge in [-0.3, -0.25) is 0 Å². The molecule has 0 spiro atoms. The van der Waals surface area contributed by atoms with E-state index in [1.165, 1.54) is 0 Å². The average Bonchev–Trinajstić information content (AvgIpc) is 2.34. The predicted octanol–water partition coefficient (Wildman–Crippen LogP) is 1.79. The van der Waals surface area contributed by atoms with E-state index in [1.807, 2.05) is 20.8 Å². The summed E-state index contributed by atoms with van der Waals surface area (Å²) in [4.78, 5) is 17.4. The fourth-order valence-electron chi connectivity index (χ4n) is 2.06. The van der Waals surface area contributed by atoms with Crippen LogP contribution in [0.5, 0.6) is 0 Å².